The summed E-state index contributed by atoms with van der Waals surface area (Å²) in [7, 11) is 1.14. The monoisotopic (exact) mass is 657 g/mol. The maximum Gasteiger partial charge on any atom is 0.416 e. The first kappa shape index (κ1) is 32.1. The van der Waals surface area contributed by atoms with E-state index in [0.29, 0.717) is 17.4 Å². The molecule has 242 valence electrons. The minimum absolute atomic E-state index is 0.296. The molecule has 0 atom stereocenters. The number of H-pyrrole nitrogens is 1. The van der Waals surface area contributed by atoms with E-state index in [-0.39, 0.29) is 0 Å². The summed E-state index contributed by atoms with van der Waals surface area (Å²) in [5.41, 5.74) is 5.40. The van der Waals surface area contributed by atoms with Crippen LogP contribution < -0.4 is 9.62 Å². The van der Waals surface area contributed by atoms with Crippen LogP contribution in [0.25, 0.3) is 44.2 Å². The molecule has 0 fully saturated rings. The number of anilines is 2. The number of aromatic amines is 1. The molecule has 0 aliphatic rings. The number of hydrogen-bond donors (Lipinski definition) is 2. The fourth-order valence-electron chi connectivity index (χ4n) is 5.69. The van der Waals surface area contributed by atoms with Gasteiger partial charge in [0, 0.05) is 52.9 Å². The number of rotatable bonds is 10. The van der Waals surface area contributed by atoms with Crippen LogP contribution in [0.2, 0.25) is 0 Å². The van der Waals surface area contributed by atoms with Gasteiger partial charge in [-0.05, 0) is 86.7 Å². The molecule has 0 saturated heterocycles. The Hall–Kier alpha value is -4.87. The molecule has 0 bridgehead atoms. The zero-order chi connectivity index (χ0) is 33.3. The van der Waals surface area contributed by atoms with Crippen molar-refractivity contribution in [2.45, 2.75) is 17.5 Å². The first-order valence-corrected chi connectivity index (χ1v) is 16.5. The van der Waals surface area contributed by atoms with Crippen LogP contribution in [-0.2, 0) is 16.2 Å². The molecule has 2 N–H and O–H groups in total. The molecule has 0 radical (unpaired) electrons. The summed E-state index contributed by atoms with van der Waals surface area (Å²) in [6, 6.07) is 27.0. The fraction of sp³-hybridized carbons (Fsp3) is 0.194. The molecule has 6 rings (SSSR count). The van der Waals surface area contributed by atoms with Gasteiger partial charge in [0.15, 0.2) is 0 Å². The highest BCUT2D eigenvalue weighted by Crippen LogP contribution is 2.42. The van der Waals surface area contributed by atoms with Crippen LogP contribution in [0.5, 0.6) is 0 Å². The summed E-state index contributed by atoms with van der Waals surface area (Å²) in [5.74, 6) is 0. The van der Waals surface area contributed by atoms with Gasteiger partial charge in [0.1, 0.15) is 5.65 Å². The van der Waals surface area contributed by atoms with Crippen molar-refractivity contribution in [2.75, 3.05) is 43.9 Å². The second-order valence-electron chi connectivity index (χ2n) is 11.7. The van der Waals surface area contributed by atoms with Crippen LogP contribution >= 0.6 is 0 Å². The molecule has 0 saturated carbocycles. The molecule has 4 aromatic carbocycles. The largest absolute Gasteiger partial charge is 0.416 e. The van der Waals surface area contributed by atoms with Crippen LogP contribution in [-0.4, -0.2) is 57.5 Å². The maximum absolute atomic E-state index is 13.5. The Balaban J connectivity index is 1.44. The van der Waals surface area contributed by atoms with Crippen LogP contribution in [0.4, 0.5) is 24.5 Å². The number of benzene rings is 4. The lowest BCUT2D eigenvalue weighted by Crippen LogP contribution is -2.26. The normalized spacial score (nSPS) is 12.2. The van der Waals surface area contributed by atoms with E-state index in [4.69, 9.17) is 4.98 Å². The average molecular weight is 658 g/mol. The number of alkyl halides is 3. The predicted molar refractivity (Wildman–Crippen MR) is 183 cm³/mol. The highest BCUT2D eigenvalue weighted by Gasteiger charge is 2.32. The summed E-state index contributed by atoms with van der Waals surface area (Å²) in [5, 5.41) is 5.01. The van der Waals surface area contributed by atoms with Gasteiger partial charge in [0.25, 0.3) is 10.0 Å². The number of sulfonamides is 1. The Kier molecular flexibility index (Phi) is 8.69. The smallest absolute Gasteiger partial charge is 0.385 e. The lowest BCUT2D eigenvalue weighted by atomic mass is 9.92. The van der Waals surface area contributed by atoms with Gasteiger partial charge in [-0.1, -0.05) is 48.5 Å². The standard InChI is InChI=1S/C36H34F3N5O2S/c1-43(2)20-8-19-40-27-15-13-24(14-16-27)31-23-41-35-34(33(31)25-9-5-4-6-10-25)30-22-28(17-18-32(30)42-35)44(3)47(45,46)29-12-7-11-26(21-29)36(37,38)39/h4-7,9-18,21-23,40H,8,19-20H2,1-3H3,(H,41,42). The van der Waals surface area contributed by atoms with Crippen molar-refractivity contribution < 1.29 is 21.6 Å². The molecule has 11 heteroatoms. The topological polar surface area (TPSA) is 81.3 Å². The second kappa shape index (κ2) is 12.7. The van der Waals surface area contributed by atoms with Crippen LogP contribution in [0.1, 0.15) is 12.0 Å². The van der Waals surface area contributed by atoms with Crippen molar-refractivity contribution in [1.29, 1.82) is 0 Å². The van der Waals surface area contributed by atoms with Crippen molar-refractivity contribution >= 4 is 43.3 Å². The lowest BCUT2D eigenvalue weighted by Gasteiger charge is -2.20. The molecule has 0 unspecified atom stereocenters. The van der Waals surface area contributed by atoms with E-state index in [1.165, 1.54) is 13.1 Å². The van der Waals surface area contributed by atoms with E-state index in [2.05, 4.69) is 41.4 Å². The van der Waals surface area contributed by atoms with Gasteiger partial charge in [-0.3, -0.25) is 4.31 Å². The van der Waals surface area contributed by atoms with Gasteiger partial charge in [0.2, 0.25) is 0 Å². The molecule has 7 nitrogen and oxygen atoms in total. The molecule has 47 heavy (non-hydrogen) atoms. The fourth-order valence-corrected chi connectivity index (χ4v) is 6.92. The summed E-state index contributed by atoms with van der Waals surface area (Å²) < 4.78 is 68.3. The number of aromatic nitrogens is 2. The van der Waals surface area contributed by atoms with Crippen molar-refractivity contribution in [1.82, 2.24) is 14.9 Å². The third-order valence-electron chi connectivity index (χ3n) is 8.16. The van der Waals surface area contributed by atoms with E-state index < -0.39 is 26.7 Å². The number of hydrogen-bond acceptors (Lipinski definition) is 5. The molecule has 0 aliphatic heterocycles. The van der Waals surface area contributed by atoms with Gasteiger partial charge >= 0.3 is 6.18 Å². The highest BCUT2D eigenvalue weighted by molar-refractivity contribution is 7.92. The zero-order valence-corrected chi connectivity index (χ0v) is 27.0. The van der Waals surface area contributed by atoms with Crippen molar-refractivity contribution in [3.8, 4) is 22.3 Å². The molecule has 6 aromatic rings. The first-order valence-electron chi connectivity index (χ1n) is 15.1. The SMILES string of the molecule is CN(C)CCCNc1ccc(-c2cnc3[nH]c4ccc(N(C)S(=O)(=O)c5cccc(C(F)(F)F)c5)cc4c3c2-c2ccccc2)cc1. The quantitative estimate of drug-likeness (QED) is 0.145. The van der Waals surface area contributed by atoms with Crippen molar-refractivity contribution in [2.24, 2.45) is 0 Å². The Labute approximate surface area is 271 Å². The Morgan fingerprint density at radius 1 is 0.851 bits per heavy atom. The van der Waals surface area contributed by atoms with Crippen molar-refractivity contribution in [3.63, 3.8) is 0 Å². The molecule has 2 heterocycles. The summed E-state index contributed by atoms with van der Waals surface area (Å²) in [6.45, 7) is 1.85. The summed E-state index contributed by atoms with van der Waals surface area (Å²) in [6.07, 6.45) is -1.81. The molecule has 2 aromatic heterocycles. The van der Waals surface area contributed by atoms with E-state index >= 15 is 0 Å². The van der Waals surface area contributed by atoms with E-state index in [9.17, 15) is 21.6 Å². The Morgan fingerprint density at radius 3 is 2.30 bits per heavy atom. The number of nitrogens with zero attached hydrogens (tertiary/aromatic N) is 3. The predicted octanol–water partition coefficient (Wildman–Crippen LogP) is 8.26. The van der Waals surface area contributed by atoms with Crippen LogP contribution in [0, 0.1) is 0 Å². The van der Waals surface area contributed by atoms with E-state index in [0.717, 1.165) is 80.2 Å². The third-order valence-corrected chi connectivity index (χ3v) is 9.94. The summed E-state index contributed by atoms with van der Waals surface area (Å²) >= 11 is 0. The molecule has 0 aliphatic carbocycles. The van der Waals surface area contributed by atoms with Gasteiger partial charge < -0.3 is 15.2 Å². The van der Waals surface area contributed by atoms with Gasteiger partial charge in [-0.2, -0.15) is 13.2 Å². The third kappa shape index (κ3) is 6.54. The van der Waals surface area contributed by atoms with Crippen LogP contribution in [0.3, 0.4) is 0 Å². The van der Waals surface area contributed by atoms with Gasteiger partial charge in [-0.25, -0.2) is 13.4 Å². The number of pyridine rings is 1. The number of nitrogens with one attached hydrogen (secondary N) is 2. The minimum Gasteiger partial charge on any atom is -0.385 e. The summed E-state index contributed by atoms with van der Waals surface area (Å²) in [4.78, 5) is 9.83. The number of halogens is 3. The molecule has 0 amide bonds. The van der Waals surface area contributed by atoms with E-state index in [1.807, 2.05) is 48.7 Å². The Bertz CT molecular complexity index is 2150. The van der Waals surface area contributed by atoms with Crippen LogP contribution in [0.15, 0.2) is 108 Å². The molecule has 0 spiro atoms. The highest BCUT2D eigenvalue weighted by atomic mass is 32.2. The van der Waals surface area contributed by atoms with Crippen molar-refractivity contribution in [3.05, 3.63) is 109 Å². The second-order valence-corrected chi connectivity index (χ2v) is 13.6. The number of fused-ring (bicyclic) bond motifs is 3. The Morgan fingerprint density at radius 2 is 1.60 bits per heavy atom. The van der Waals surface area contributed by atoms with Gasteiger partial charge in [0.05, 0.1) is 16.1 Å². The van der Waals surface area contributed by atoms with E-state index in [1.54, 1.807) is 18.2 Å². The average Bonchev–Trinajstić information content (AvgIpc) is 3.44. The molecular formula is C36H34F3N5O2S. The first-order chi connectivity index (χ1) is 22.4. The molecular weight excluding hydrogens is 623 g/mol. The lowest BCUT2D eigenvalue weighted by molar-refractivity contribution is -0.137. The zero-order valence-electron chi connectivity index (χ0n) is 26.1. The minimum atomic E-state index is -4.67. The van der Waals surface area contributed by atoms with Gasteiger partial charge in [-0.15, -0.1) is 0 Å². The maximum atomic E-state index is 13.5.